The molecule has 1 fully saturated rings. The third-order valence-electron chi connectivity index (χ3n) is 1.93. The summed E-state index contributed by atoms with van der Waals surface area (Å²) < 4.78 is 4.80. The summed E-state index contributed by atoms with van der Waals surface area (Å²) in [6, 6.07) is -0.389. The van der Waals surface area contributed by atoms with E-state index in [0.29, 0.717) is 0 Å². The molecule has 0 spiro atoms. The molecule has 10 heavy (non-hydrogen) atoms. The number of ether oxygens (including phenoxy) is 1. The first kappa shape index (κ1) is 7.50. The zero-order valence-electron chi connectivity index (χ0n) is 6.13. The maximum Gasteiger partial charge on any atom is 0.327 e. The van der Waals surface area contributed by atoms with Crippen molar-refractivity contribution >= 4 is 5.97 Å². The number of nitrogens with two attached hydrogens (primary N) is 2. The Hall–Kier alpha value is -0.610. The molecule has 1 saturated heterocycles. The van der Waals surface area contributed by atoms with Crippen molar-refractivity contribution in [1.29, 1.82) is 0 Å². The Kier molecular flexibility index (Phi) is 1.45. The molecule has 0 amide bonds. The monoisotopic (exact) mass is 144 g/mol. The number of rotatable bonds is 0. The second kappa shape index (κ2) is 1.93. The minimum absolute atomic E-state index is 0.262. The minimum atomic E-state index is -1.00. The van der Waals surface area contributed by atoms with Crippen LogP contribution in [0.1, 0.15) is 13.8 Å². The molecule has 1 heterocycles. The van der Waals surface area contributed by atoms with Gasteiger partial charge in [0.15, 0.2) is 0 Å². The Morgan fingerprint density at radius 3 is 2.30 bits per heavy atom. The van der Waals surface area contributed by atoms with Crippen LogP contribution in [0.2, 0.25) is 0 Å². The Balaban J connectivity index is 2.85. The van der Waals surface area contributed by atoms with Crippen LogP contribution in [0.3, 0.4) is 0 Å². The number of carbonyl (C=O) groups excluding carboxylic acids is 1. The molecule has 58 valence electrons. The van der Waals surface area contributed by atoms with Gasteiger partial charge in [0.2, 0.25) is 0 Å². The van der Waals surface area contributed by atoms with E-state index in [0.717, 1.165) is 0 Å². The molecule has 0 bridgehead atoms. The molecule has 3 atom stereocenters. The largest absolute Gasteiger partial charge is 0.460 e. The van der Waals surface area contributed by atoms with E-state index in [1.165, 1.54) is 0 Å². The van der Waals surface area contributed by atoms with Crippen molar-refractivity contribution in [3.63, 3.8) is 0 Å². The average Bonchev–Trinajstić information content (AvgIpc) is 1.97. The summed E-state index contributed by atoms with van der Waals surface area (Å²) in [6.45, 7) is 3.32. The second-order valence-corrected chi connectivity index (χ2v) is 2.92. The predicted molar refractivity (Wildman–Crippen MR) is 36.1 cm³/mol. The SMILES string of the molecule is CC1OC(=O)C(C)(N)C1N. The van der Waals surface area contributed by atoms with E-state index in [1.807, 2.05) is 0 Å². The van der Waals surface area contributed by atoms with E-state index in [1.54, 1.807) is 13.8 Å². The third-order valence-corrected chi connectivity index (χ3v) is 1.93. The summed E-state index contributed by atoms with van der Waals surface area (Å²) >= 11 is 0. The van der Waals surface area contributed by atoms with E-state index in [2.05, 4.69) is 0 Å². The standard InChI is InChI=1S/C6H12N2O2/c1-3-4(7)6(2,8)5(9)10-3/h3-4H,7-8H2,1-2H3. The summed E-state index contributed by atoms with van der Waals surface area (Å²) in [6.07, 6.45) is -0.262. The summed E-state index contributed by atoms with van der Waals surface area (Å²) in [5, 5.41) is 0. The van der Waals surface area contributed by atoms with E-state index in [4.69, 9.17) is 16.2 Å². The summed E-state index contributed by atoms with van der Waals surface area (Å²) in [4.78, 5) is 10.9. The molecule has 4 nitrogen and oxygen atoms in total. The van der Waals surface area contributed by atoms with Crippen LogP contribution < -0.4 is 11.5 Å². The molecule has 0 radical (unpaired) electrons. The van der Waals surface area contributed by atoms with Gasteiger partial charge in [-0.15, -0.1) is 0 Å². The highest BCUT2D eigenvalue weighted by molar-refractivity contribution is 5.83. The Labute approximate surface area is 59.5 Å². The van der Waals surface area contributed by atoms with Gasteiger partial charge in [-0.2, -0.15) is 0 Å². The first-order valence-electron chi connectivity index (χ1n) is 3.22. The van der Waals surface area contributed by atoms with Gasteiger partial charge < -0.3 is 16.2 Å². The molecule has 3 unspecified atom stereocenters. The highest BCUT2D eigenvalue weighted by atomic mass is 16.6. The van der Waals surface area contributed by atoms with Crippen LogP contribution in [0, 0.1) is 0 Å². The number of hydrogen-bond acceptors (Lipinski definition) is 4. The molecule has 0 aliphatic carbocycles. The van der Waals surface area contributed by atoms with E-state index in [-0.39, 0.29) is 12.1 Å². The van der Waals surface area contributed by atoms with Crippen molar-refractivity contribution in [2.24, 2.45) is 11.5 Å². The van der Waals surface area contributed by atoms with Gasteiger partial charge in [0.05, 0.1) is 6.04 Å². The highest BCUT2D eigenvalue weighted by Gasteiger charge is 2.47. The molecule has 0 aromatic carbocycles. The molecule has 1 aliphatic rings. The number of carbonyl (C=O) groups is 1. The van der Waals surface area contributed by atoms with Crippen LogP contribution in [0.25, 0.3) is 0 Å². The average molecular weight is 144 g/mol. The van der Waals surface area contributed by atoms with Crippen molar-refractivity contribution in [3.8, 4) is 0 Å². The fourth-order valence-electron chi connectivity index (χ4n) is 0.993. The van der Waals surface area contributed by atoms with Crippen LogP contribution in [0.5, 0.6) is 0 Å². The molecule has 4 heteroatoms. The topological polar surface area (TPSA) is 78.3 Å². The molecular weight excluding hydrogens is 132 g/mol. The van der Waals surface area contributed by atoms with Crippen LogP contribution in [0.4, 0.5) is 0 Å². The quantitative estimate of drug-likeness (QED) is 0.426. The molecule has 1 aliphatic heterocycles. The van der Waals surface area contributed by atoms with Crippen molar-refractivity contribution < 1.29 is 9.53 Å². The lowest BCUT2D eigenvalue weighted by Crippen LogP contribution is -2.55. The van der Waals surface area contributed by atoms with Gasteiger partial charge in [0, 0.05) is 0 Å². The number of cyclic esters (lactones) is 1. The lowest BCUT2D eigenvalue weighted by molar-refractivity contribution is -0.144. The molecular formula is C6H12N2O2. The van der Waals surface area contributed by atoms with Gasteiger partial charge >= 0.3 is 5.97 Å². The lowest BCUT2D eigenvalue weighted by atomic mass is 9.94. The van der Waals surface area contributed by atoms with Gasteiger partial charge in [0.1, 0.15) is 11.6 Å². The predicted octanol–water partition coefficient (Wildman–Crippen LogP) is -1.02. The molecule has 0 aromatic rings. The maximum atomic E-state index is 10.9. The first-order chi connectivity index (χ1) is 4.46. The number of hydrogen-bond donors (Lipinski definition) is 2. The van der Waals surface area contributed by atoms with E-state index < -0.39 is 11.5 Å². The maximum absolute atomic E-state index is 10.9. The molecule has 4 N–H and O–H groups in total. The fraction of sp³-hybridized carbons (Fsp3) is 0.833. The normalized spacial score (nSPS) is 47.4. The van der Waals surface area contributed by atoms with E-state index >= 15 is 0 Å². The van der Waals surface area contributed by atoms with Gasteiger partial charge in [-0.05, 0) is 13.8 Å². The molecule has 0 aromatic heterocycles. The Bertz CT molecular complexity index is 167. The van der Waals surface area contributed by atoms with Gasteiger partial charge in [-0.25, -0.2) is 4.79 Å². The summed E-state index contributed by atoms with van der Waals surface area (Å²) in [5.74, 6) is -0.410. The molecule has 1 rings (SSSR count). The first-order valence-corrected chi connectivity index (χ1v) is 3.22. The van der Waals surface area contributed by atoms with E-state index in [9.17, 15) is 4.79 Å². The van der Waals surface area contributed by atoms with Crippen molar-refractivity contribution in [3.05, 3.63) is 0 Å². The summed E-state index contributed by atoms with van der Waals surface area (Å²) in [5.41, 5.74) is 10.1. The van der Waals surface area contributed by atoms with Gasteiger partial charge in [0.25, 0.3) is 0 Å². The van der Waals surface area contributed by atoms with Crippen LogP contribution in [-0.2, 0) is 9.53 Å². The highest BCUT2D eigenvalue weighted by Crippen LogP contribution is 2.20. The summed E-state index contributed by atoms with van der Waals surface area (Å²) in [7, 11) is 0. The van der Waals surface area contributed by atoms with Crippen molar-refractivity contribution in [1.82, 2.24) is 0 Å². The number of esters is 1. The zero-order chi connectivity index (χ0) is 7.94. The zero-order valence-corrected chi connectivity index (χ0v) is 6.13. The molecule has 0 saturated carbocycles. The Morgan fingerprint density at radius 1 is 1.70 bits per heavy atom. The minimum Gasteiger partial charge on any atom is -0.460 e. The fourth-order valence-corrected chi connectivity index (χ4v) is 0.993. The van der Waals surface area contributed by atoms with Gasteiger partial charge in [-0.3, -0.25) is 0 Å². The van der Waals surface area contributed by atoms with Crippen LogP contribution >= 0.6 is 0 Å². The second-order valence-electron chi connectivity index (χ2n) is 2.92. The van der Waals surface area contributed by atoms with Crippen LogP contribution in [-0.4, -0.2) is 23.7 Å². The van der Waals surface area contributed by atoms with Crippen LogP contribution in [0.15, 0.2) is 0 Å². The van der Waals surface area contributed by atoms with Crippen molar-refractivity contribution in [2.75, 3.05) is 0 Å². The Morgan fingerprint density at radius 2 is 2.20 bits per heavy atom. The third kappa shape index (κ3) is 0.803. The lowest BCUT2D eigenvalue weighted by Gasteiger charge is -2.18. The van der Waals surface area contributed by atoms with Crippen molar-refractivity contribution in [2.45, 2.75) is 31.5 Å². The van der Waals surface area contributed by atoms with Gasteiger partial charge in [-0.1, -0.05) is 0 Å². The smallest absolute Gasteiger partial charge is 0.327 e.